The maximum absolute atomic E-state index is 11.7. The first-order chi connectivity index (χ1) is 10.7. The predicted octanol–water partition coefficient (Wildman–Crippen LogP) is 4.60. The number of unbranched alkanes of at least 4 members (excludes halogenated alkanes) is 1. The summed E-state index contributed by atoms with van der Waals surface area (Å²) >= 11 is 3.39. The topological polar surface area (TPSA) is 29.1 Å². The molecule has 0 aliphatic heterocycles. The fourth-order valence-electron chi connectivity index (χ4n) is 2.12. The Bertz CT molecular complexity index is 605. The van der Waals surface area contributed by atoms with Crippen LogP contribution in [0.5, 0.6) is 0 Å². The molecule has 0 unspecified atom stereocenters. The lowest BCUT2D eigenvalue weighted by atomic mass is 10.1. The van der Waals surface area contributed by atoms with Gasteiger partial charge in [0.2, 0.25) is 5.91 Å². The molecule has 2 rings (SSSR count). The fraction of sp³-hybridized carbons (Fsp3) is 0.211. The van der Waals surface area contributed by atoms with E-state index < -0.39 is 0 Å². The van der Waals surface area contributed by atoms with Gasteiger partial charge in [0.05, 0.1) is 0 Å². The van der Waals surface area contributed by atoms with Crippen LogP contribution in [0.1, 0.15) is 24.0 Å². The second-order valence-electron chi connectivity index (χ2n) is 5.12. The van der Waals surface area contributed by atoms with Gasteiger partial charge in [-0.3, -0.25) is 4.79 Å². The average molecular weight is 358 g/mol. The Morgan fingerprint density at radius 1 is 1.00 bits per heavy atom. The Labute approximate surface area is 140 Å². The van der Waals surface area contributed by atoms with Gasteiger partial charge in [0.15, 0.2) is 0 Å². The highest BCUT2D eigenvalue weighted by atomic mass is 79.9. The fourth-order valence-corrected chi connectivity index (χ4v) is 2.38. The van der Waals surface area contributed by atoms with Crippen LogP contribution in [-0.4, -0.2) is 12.5 Å². The van der Waals surface area contributed by atoms with Crippen LogP contribution in [0, 0.1) is 0 Å². The summed E-state index contributed by atoms with van der Waals surface area (Å²) in [5, 5.41) is 2.92. The third-order valence-corrected chi connectivity index (χ3v) is 3.86. The largest absolute Gasteiger partial charge is 0.353 e. The third-order valence-electron chi connectivity index (χ3n) is 3.33. The lowest BCUT2D eigenvalue weighted by Gasteiger charge is -2.03. The summed E-state index contributed by atoms with van der Waals surface area (Å²) in [5.74, 6) is -0.0392. The first-order valence-corrected chi connectivity index (χ1v) is 8.29. The summed E-state index contributed by atoms with van der Waals surface area (Å²) < 4.78 is 1.03. The van der Waals surface area contributed by atoms with Crippen molar-refractivity contribution in [1.82, 2.24) is 5.32 Å². The van der Waals surface area contributed by atoms with Crippen LogP contribution in [0.2, 0.25) is 0 Å². The number of hydrogen-bond acceptors (Lipinski definition) is 1. The minimum absolute atomic E-state index is 0.0392. The van der Waals surface area contributed by atoms with Crippen molar-refractivity contribution in [2.45, 2.75) is 19.3 Å². The molecular weight excluding hydrogens is 338 g/mol. The number of aryl methyl sites for hydroxylation is 1. The SMILES string of the molecule is O=C(/C=C/c1ccc(Br)cc1)NCCCCc1ccccc1. The van der Waals surface area contributed by atoms with E-state index in [1.165, 1.54) is 5.56 Å². The van der Waals surface area contributed by atoms with Crippen molar-refractivity contribution in [3.8, 4) is 0 Å². The van der Waals surface area contributed by atoms with E-state index >= 15 is 0 Å². The maximum Gasteiger partial charge on any atom is 0.243 e. The summed E-state index contributed by atoms with van der Waals surface area (Å²) in [6.45, 7) is 0.719. The molecule has 0 aromatic heterocycles. The Morgan fingerprint density at radius 2 is 1.73 bits per heavy atom. The highest BCUT2D eigenvalue weighted by Crippen LogP contribution is 2.11. The molecule has 0 heterocycles. The minimum Gasteiger partial charge on any atom is -0.353 e. The second-order valence-corrected chi connectivity index (χ2v) is 6.03. The summed E-state index contributed by atoms with van der Waals surface area (Å²) in [6, 6.07) is 18.3. The van der Waals surface area contributed by atoms with E-state index in [4.69, 9.17) is 0 Å². The average Bonchev–Trinajstić information content (AvgIpc) is 2.55. The van der Waals surface area contributed by atoms with Crippen molar-refractivity contribution in [3.05, 3.63) is 76.3 Å². The number of amides is 1. The molecule has 114 valence electrons. The summed E-state index contributed by atoms with van der Waals surface area (Å²) in [6.07, 6.45) is 6.55. The van der Waals surface area contributed by atoms with Gasteiger partial charge < -0.3 is 5.32 Å². The quantitative estimate of drug-likeness (QED) is 0.569. The van der Waals surface area contributed by atoms with Crippen molar-refractivity contribution in [2.24, 2.45) is 0 Å². The van der Waals surface area contributed by atoms with Gasteiger partial charge in [0, 0.05) is 17.1 Å². The van der Waals surface area contributed by atoms with Crippen molar-refractivity contribution in [1.29, 1.82) is 0 Å². The van der Waals surface area contributed by atoms with Gasteiger partial charge in [-0.15, -0.1) is 0 Å². The molecule has 0 saturated carbocycles. The first-order valence-electron chi connectivity index (χ1n) is 7.49. The van der Waals surface area contributed by atoms with E-state index in [2.05, 4.69) is 45.5 Å². The number of hydrogen-bond donors (Lipinski definition) is 1. The zero-order valence-corrected chi connectivity index (χ0v) is 14.1. The van der Waals surface area contributed by atoms with Crippen LogP contribution >= 0.6 is 15.9 Å². The number of rotatable bonds is 7. The number of carbonyl (C=O) groups excluding carboxylic acids is 1. The van der Waals surface area contributed by atoms with Gasteiger partial charge in [0.25, 0.3) is 0 Å². The molecule has 2 nitrogen and oxygen atoms in total. The monoisotopic (exact) mass is 357 g/mol. The van der Waals surface area contributed by atoms with Gasteiger partial charge in [0.1, 0.15) is 0 Å². The van der Waals surface area contributed by atoms with E-state index in [-0.39, 0.29) is 5.91 Å². The molecule has 22 heavy (non-hydrogen) atoms. The molecule has 1 N–H and O–H groups in total. The summed E-state index contributed by atoms with van der Waals surface area (Å²) in [5.41, 5.74) is 2.37. The van der Waals surface area contributed by atoms with Gasteiger partial charge in [-0.2, -0.15) is 0 Å². The molecular formula is C19H20BrNO. The highest BCUT2D eigenvalue weighted by Gasteiger charge is 1.96. The predicted molar refractivity (Wildman–Crippen MR) is 95.6 cm³/mol. The Kier molecular flexibility index (Phi) is 6.91. The van der Waals surface area contributed by atoms with Crippen molar-refractivity contribution >= 4 is 27.9 Å². The number of halogens is 1. The molecule has 0 bridgehead atoms. The smallest absolute Gasteiger partial charge is 0.243 e. The molecule has 2 aromatic carbocycles. The lowest BCUT2D eigenvalue weighted by molar-refractivity contribution is -0.116. The summed E-state index contributed by atoms with van der Waals surface area (Å²) in [4.78, 5) is 11.7. The molecule has 0 fully saturated rings. The van der Waals surface area contributed by atoms with Crippen LogP contribution in [-0.2, 0) is 11.2 Å². The lowest BCUT2D eigenvalue weighted by Crippen LogP contribution is -2.22. The standard InChI is InChI=1S/C19H20BrNO/c20-18-12-9-17(10-13-18)11-14-19(22)21-15-5-4-8-16-6-2-1-3-7-16/h1-3,6-7,9-14H,4-5,8,15H2,(H,21,22)/b14-11+. The van der Waals surface area contributed by atoms with Crippen molar-refractivity contribution < 1.29 is 4.79 Å². The Balaban J connectivity index is 1.62. The number of nitrogens with one attached hydrogen (secondary N) is 1. The second kappa shape index (κ2) is 9.21. The molecule has 2 aromatic rings. The summed E-state index contributed by atoms with van der Waals surface area (Å²) in [7, 11) is 0. The molecule has 1 amide bonds. The van der Waals surface area contributed by atoms with E-state index in [1.54, 1.807) is 6.08 Å². The van der Waals surface area contributed by atoms with E-state index in [9.17, 15) is 4.79 Å². The molecule has 3 heteroatoms. The van der Waals surface area contributed by atoms with Gasteiger partial charge in [-0.25, -0.2) is 0 Å². The third kappa shape index (κ3) is 6.27. The van der Waals surface area contributed by atoms with E-state index in [1.807, 2.05) is 36.4 Å². The Morgan fingerprint density at radius 3 is 2.45 bits per heavy atom. The molecule has 0 radical (unpaired) electrons. The zero-order chi connectivity index (χ0) is 15.6. The van der Waals surface area contributed by atoms with Crippen LogP contribution in [0.25, 0.3) is 6.08 Å². The van der Waals surface area contributed by atoms with Gasteiger partial charge >= 0.3 is 0 Å². The normalized spacial score (nSPS) is 10.8. The van der Waals surface area contributed by atoms with Crippen LogP contribution in [0.3, 0.4) is 0 Å². The van der Waals surface area contributed by atoms with Crippen molar-refractivity contribution in [3.63, 3.8) is 0 Å². The maximum atomic E-state index is 11.7. The van der Waals surface area contributed by atoms with Gasteiger partial charge in [-0.05, 0) is 48.6 Å². The molecule has 0 saturated heterocycles. The molecule has 0 aliphatic rings. The van der Waals surface area contributed by atoms with Gasteiger partial charge in [-0.1, -0.05) is 58.4 Å². The van der Waals surface area contributed by atoms with Crippen molar-refractivity contribution in [2.75, 3.05) is 6.54 Å². The van der Waals surface area contributed by atoms with Crippen LogP contribution in [0.15, 0.2) is 65.1 Å². The van der Waals surface area contributed by atoms with Crippen LogP contribution in [0.4, 0.5) is 0 Å². The zero-order valence-electron chi connectivity index (χ0n) is 12.5. The van der Waals surface area contributed by atoms with Crippen LogP contribution < -0.4 is 5.32 Å². The number of benzene rings is 2. The van der Waals surface area contributed by atoms with E-state index in [0.717, 1.165) is 35.8 Å². The minimum atomic E-state index is -0.0392. The number of carbonyl (C=O) groups is 1. The highest BCUT2D eigenvalue weighted by molar-refractivity contribution is 9.10. The molecule has 0 atom stereocenters. The molecule has 0 aliphatic carbocycles. The Hall–Kier alpha value is -1.87. The molecule has 0 spiro atoms. The first kappa shape index (κ1) is 16.5. The van der Waals surface area contributed by atoms with E-state index in [0.29, 0.717) is 0 Å².